The molecule has 0 aliphatic heterocycles. The Morgan fingerprint density at radius 3 is 2.86 bits per heavy atom. The highest BCUT2D eigenvalue weighted by Gasteiger charge is 2.11. The van der Waals surface area contributed by atoms with E-state index in [-0.39, 0.29) is 16.6 Å². The van der Waals surface area contributed by atoms with Crippen molar-refractivity contribution in [1.82, 2.24) is 14.7 Å². The lowest BCUT2D eigenvalue weighted by Crippen LogP contribution is -2.30. The lowest BCUT2D eigenvalue weighted by Gasteiger charge is -2.16. The number of hydrogen-bond acceptors (Lipinski definition) is 5. The molecule has 1 heterocycles. The smallest absolute Gasteiger partial charge is 0.287 e. The molecule has 0 aliphatic rings. The maximum Gasteiger partial charge on any atom is 0.287 e. The van der Waals surface area contributed by atoms with E-state index in [4.69, 9.17) is 11.6 Å². The molecule has 1 rings (SSSR count). The van der Waals surface area contributed by atoms with Crippen molar-refractivity contribution in [2.75, 3.05) is 37.5 Å². The zero-order valence-corrected chi connectivity index (χ0v) is 14.8. The monoisotopic (exact) mass is 332 g/mol. The van der Waals surface area contributed by atoms with E-state index in [1.807, 2.05) is 30.8 Å². The number of aromatic nitrogens is 2. The van der Waals surface area contributed by atoms with E-state index in [0.29, 0.717) is 12.2 Å². The predicted octanol–water partition coefficient (Wildman–Crippen LogP) is 2.40. The lowest BCUT2D eigenvalue weighted by atomic mass is 10.2. The summed E-state index contributed by atoms with van der Waals surface area (Å²) in [5.41, 5.74) is 0.385. The van der Waals surface area contributed by atoms with Crippen molar-refractivity contribution >= 4 is 29.1 Å². The third-order valence-electron chi connectivity index (χ3n) is 3.05. The molecule has 0 saturated heterocycles. The maximum atomic E-state index is 12.1. The quantitative estimate of drug-likeness (QED) is 0.704. The molecule has 0 aromatic carbocycles. The molecule has 7 heteroatoms. The molecule has 1 aromatic rings. The number of hydrogen-bond donors (Lipinski definition) is 1. The van der Waals surface area contributed by atoms with E-state index < -0.39 is 0 Å². The van der Waals surface area contributed by atoms with Gasteiger partial charge in [-0.3, -0.25) is 4.79 Å². The van der Waals surface area contributed by atoms with Gasteiger partial charge in [0.15, 0.2) is 0 Å². The topological polar surface area (TPSA) is 50.2 Å². The van der Waals surface area contributed by atoms with E-state index in [0.717, 1.165) is 24.5 Å². The Bertz CT molecular complexity index is 492. The average Bonchev–Trinajstić information content (AvgIpc) is 2.43. The first-order chi connectivity index (χ1) is 9.95. The fraction of sp³-hybridized carbons (Fsp3) is 0.714. The molecule has 0 amide bonds. The molecule has 0 fully saturated rings. The number of nitrogens with one attached hydrogen (secondary N) is 1. The van der Waals surface area contributed by atoms with Crippen molar-refractivity contribution in [2.45, 2.75) is 32.9 Å². The zero-order valence-electron chi connectivity index (χ0n) is 13.2. The van der Waals surface area contributed by atoms with Crippen LogP contribution in [0.2, 0.25) is 5.02 Å². The molecule has 1 N–H and O–H groups in total. The summed E-state index contributed by atoms with van der Waals surface area (Å²) >= 11 is 8.07. The van der Waals surface area contributed by atoms with Crippen LogP contribution in [0, 0.1) is 0 Å². The molecule has 0 aliphatic carbocycles. The number of anilines is 1. The van der Waals surface area contributed by atoms with E-state index in [9.17, 15) is 4.79 Å². The molecule has 0 saturated carbocycles. The molecule has 1 unspecified atom stereocenters. The number of nitrogens with zero attached hydrogens (tertiary/aromatic N) is 3. The second kappa shape index (κ2) is 9.33. The van der Waals surface area contributed by atoms with Crippen LogP contribution in [0.25, 0.3) is 0 Å². The molecule has 120 valence electrons. The van der Waals surface area contributed by atoms with Gasteiger partial charge in [0, 0.05) is 12.6 Å². The zero-order chi connectivity index (χ0) is 15.8. The first-order valence-electron chi connectivity index (χ1n) is 7.20. The summed E-state index contributed by atoms with van der Waals surface area (Å²) in [5, 5.41) is 7.68. The van der Waals surface area contributed by atoms with Crippen LogP contribution in [0.4, 0.5) is 5.69 Å². The van der Waals surface area contributed by atoms with Crippen LogP contribution in [0.15, 0.2) is 11.0 Å². The van der Waals surface area contributed by atoms with Crippen LogP contribution in [-0.4, -0.2) is 52.9 Å². The summed E-state index contributed by atoms with van der Waals surface area (Å²) in [4.78, 5) is 14.2. The predicted molar refractivity (Wildman–Crippen MR) is 92.8 cm³/mol. The lowest BCUT2D eigenvalue weighted by molar-refractivity contribution is 0.367. The molecule has 0 bridgehead atoms. The van der Waals surface area contributed by atoms with Gasteiger partial charge >= 0.3 is 0 Å². The van der Waals surface area contributed by atoms with E-state index in [2.05, 4.69) is 24.3 Å². The van der Waals surface area contributed by atoms with E-state index >= 15 is 0 Å². The molecule has 0 spiro atoms. The summed E-state index contributed by atoms with van der Waals surface area (Å²) in [6.07, 6.45) is 2.67. The summed E-state index contributed by atoms with van der Waals surface area (Å²) in [6.45, 7) is 5.52. The molecular weight excluding hydrogens is 308 g/mol. The SMILES string of the molecule is CCSCCC(C)Nc1cnn(CCN(C)C)c(=O)c1Cl. The second-order valence-electron chi connectivity index (χ2n) is 5.23. The van der Waals surface area contributed by atoms with Gasteiger partial charge in [-0.1, -0.05) is 18.5 Å². The average molecular weight is 333 g/mol. The summed E-state index contributed by atoms with van der Waals surface area (Å²) in [7, 11) is 3.91. The Morgan fingerprint density at radius 1 is 1.52 bits per heavy atom. The standard InChI is InChI=1S/C14H25ClN4OS/c1-5-21-9-6-11(2)17-12-10-16-19(8-7-18(3)4)14(20)13(12)15/h10-11,17H,5-9H2,1-4H3. The highest BCUT2D eigenvalue weighted by molar-refractivity contribution is 7.99. The van der Waals surface area contributed by atoms with Crippen LogP contribution < -0.4 is 10.9 Å². The Morgan fingerprint density at radius 2 is 2.24 bits per heavy atom. The van der Waals surface area contributed by atoms with Crippen molar-refractivity contribution in [3.8, 4) is 0 Å². The van der Waals surface area contributed by atoms with Crippen LogP contribution >= 0.6 is 23.4 Å². The highest BCUT2D eigenvalue weighted by atomic mass is 35.5. The fourth-order valence-electron chi connectivity index (χ4n) is 1.76. The minimum absolute atomic E-state index is 0.221. The number of likely N-dealkylation sites (N-methyl/N-ethyl adjacent to an activating group) is 1. The van der Waals surface area contributed by atoms with Gasteiger partial charge in [-0.25, -0.2) is 4.68 Å². The largest absolute Gasteiger partial charge is 0.380 e. The normalized spacial score (nSPS) is 12.7. The Labute approximate surface area is 136 Å². The van der Waals surface area contributed by atoms with Crippen LogP contribution in [0.5, 0.6) is 0 Å². The van der Waals surface area contributed by atoms with Gasteiger partial charge in [0.25, 0.3) is 5.56 Å². The first-order valence-corrected chi connectivity index (χ1v) is 8.73. The highest BCUT2D eigenvalue weighted by Crippen LogP contribution is 2.17. The molecule has 1 aromatic heterocycles. The van der Waals surface area contributed by atoms with Gasteiger partial charge in [-0.2, -0.15) is 16.9 Å². The van der Waals surface area contributed by atoms with Crippen LogP contribution in [0.3, 0.4) is 0 Å². The molecule has 0 radical (unpaired) electrons. The fourth-order valence-corrected chi connectivity index (χ4v) is 2.77. The minimum Gasteiger partial charge on any atom is -0.380 e. The van der Waals surface area contributed by atoms with Crippen molar-refractivity contribution in [2.24, 2.45) is 0 Å². The number of rotatable bonds is 9. The Hall–Kier alpha value is -0.720. The van der Waals surface area contributed by atoms with Crippen molar-refractivity contribution < 1.29 is 0 Å². The number of halogens is 1. The van der Waals surface area contributed by atoms with Gasteiger partial charge in [0.1, 0.15) is 5.02 Å². The van der Waals surface area contributed by atoms with Crippen molar-refractivity contribution in [3.05, 3.63) is 21.6 Å². The summed E-state index contributed by atoms with van der Waals surface area (Å²) in [6, 6.07) is 0.264. The third-order valence-corrected chi connectivity index (χ3v) is 4.34. The van der Waals surface area contributed by atoms with Gasteiger partial charge in [0.05, 0.1) is 18.4 Å². The molecule has 5 nitrogen and oxygen atoms in total. The van der Waals surface area contributed by atoms with Gasteiger partial charge in [0.2, 0.25) is 0 Å². The Kier molecular flexibility index (Phi) is 8.14. The van der Waals surface area contributed by atoms with Crippen LogP contribution in [-0.2, 0) is 6.54 Å². The third kappa shape index (κ3) is 6.28. The molecule has 1 atom stereocenters. The summed E-state index contributed by atoms with van der Waals surface area (Å²) in [5.74, 6) is 2.21. The van der Waals surface area contributed by atoms with Gasteiger partial charge in [-0.05, 0) is 38.9 Å². The molecule has 21 heavy (non-hydrogen) atoms. The van der Waals surface area contributed by atoms with E-state index in [1.54, 1.807) is 6.20 Å². The second-order valence-corrected chi connectivity index (χ2v) is 7.01. The van der Waals surface area contributed by atoms with Crippen molar-refractivity contribution in [1.29, 1.82) is 0 Å². The molecular formula is C14H25ClN4OS. The van der Waals surface area contributed by atoms with Crippen LogP contribution in [0.1, 0.15) is 20.3 Å². The van der Waals surface area contributed by atoms with Crippen molar-refractivity contribution in [3.63, 3.8) is 0 Å². The van der Waals surface area contributed by atoms with E-state index in [1.165, 1.54) is 4.68 Å². The summed E-state index contributed by atoms with van der Waals surface area (Å²) < 4.78 is 1.41. The Balaban J connectivity index is 2.68. The minimum atomic E-state index is -0.237. The number of thioether (sulfide) groups is 1. The first kappa shape index (κ1) is 18.3. The van der Waals surface area contributed by atoms with Gasteiger partial charge in [-0.15, -0.1) is 0 Å². The maximum absolute atomic E-state index is 12.1. The van der Waals surface area contributed by atoms with Gasteiger partial charge < -0.3 is 10.2 Å².